The van der Waals surface area contributed by atoms with Crippen molar-refractivity contribution >= 4 is 27.5 Å². The van der Waals surface area contributed by atoms with Crippen molar-refractivity contribution in [3.8, 4) is 0 Å². The number of nitrogens with one attached hydrogen (secondary N) is 1. The highest BCUT2D eigenvalue weighted by atomic mass is 32.2. The van der Waals surface area contributed by atoms with Gasteiger partial charge in [-0.2, -0.15) is 0 Å². The quantitative estimate of drug-likeness (QED) is 0.509. The Morgan fingerprint density at radius 3 is 2.21 bits per heavy atom. The van der Waals surface area contributed by atoms with Gasteiger partial charge in [-0.15, -0.1) is 0 Å². The highest BCUT2D eigenvalue weighted by Gasteiger charge is 2.31. The van der Waals surface area contributed by atoms with Gasteiger partial charge in [0.1, 0.15) is 18.4 Å². The highest BCUT2D eigenvalue weighted by Crippen LogP contribution is 2.19. The minimum absolute atomic E-state index is 0.179. The molecule has 2 aromatic rings. The van der Waals surface area contributed by atoms with Crippen molar-refractivity contribution in [3.05, 3.63) is 66.0 Å². The maximum absolute atomic E-state index is 13.4. The number of nitrogens with zero attached hydrogens (tertiary/aromatic N) is 2. The third kappa shape index (κ3) is 7.85. The second kappa shape index (κ2) is 12.3. The van der Waals surface area contributed by atoms with Gasteiger partial charge in [0.25, 0.3) is 0 Å². The smallest absolute Gasteiger partial charge is 0.244 e. The molecule has 0 aromatic heterocycles. The predicted octanol–water partition coefficient (Wildman–Crippen LogP) is 2.97. The molecule has 33 heavy (non-hydrogen) atoms. The first-order valence-electron chi connectivity index (χ1n) is 11.0. The predicted molar refractivity (Wildman–Crippen MR) is 128 cm³/mol. The van der Waals surface area contributed by atoms with E-state index in [-0.39, 0.29) is 18.1 Å². The van der Waals surface area contributed by atoms with Crippen LogP contribution in [0.5, 0.6) is 0 Å². The maximum atomic E-state index is 13.4. The van der Waals surface area contributed by atoms with Gasteiger partial charge in [-0.25, -0.2) is 12.8 Å². The fourth-order valence-corrected chi connectivity index (χ4v) is 4.33. The van der Waals surface area contributed by atoms with Gasteiger partial charge in [0, 0.05) is 13.1 Å². The average molecular weight is 478 g/mol. The summed E-state index contributed by atoms with van der Waals surface area (Å²) in [7, 11) is -3.83. The zero-order valence-corrected chi connectivity index (χ0v) is 20.1. The van der Waals surface area contributed by atoms with E-state index in [0.29, 0.717) is 19.4 Å². The van der Waals surface area contributed by atoms with E-state index in [2.05, 4.69) is 5.32 Å². The number of benzene rings is 2. The molecule has 0 bridgehead atoms. The fraction of sp³-hybridized carbons (Fsp3) is 0.417. The van der Waals surface area contributed by atoms with Crippen LogP contribution >= 0.6 is 0 Å². The van der Waals surface area contributed by atoms with Crippen molar-refractivity contribution in [2.75, 3.05) is 30.2 Å². The van der Waals surface area contributed by atoms with E-state index in [0.717, 1.165) is 34.7 Å². The lowest BCUT2D eigenvalue weighted by atomic mass is 10.1. The molecule has 0 aliphatic carbocycles. The van der Waals surface area contributed by atoms with Crippen LogP contribution < -0.4 is 9.62 Å². The van der Waals surface area contributed by atoms with E-state index in [1.54, 1.807) is 0 Å². The van der Waals surface area contributed by atoms with Gasteiger partial charge in [-0.3, -0.25) is 13.9 Å². The SMILES string of the molecule is CCCNC(=O)[C@@H](CC)N(CCc1ccccc1)C(=O)CN(c1ccc(F)cc1)S(C)(=O)=O. The summed E-state index contributed by atoms with van der Waals surface area (Å²) in [6.45, 7) is 4.00. The summed E-state index contributed by atoms with van der Waals surface area (Å²) in [6, 6.07) is 13.7. The van der Waals surface area contributed by atoms with Crippen LogP contribution in [0.1, 0.15) is 32.3 Å². The van der Waals surface area contributed by atoms with E-state index < -0.39 is 34.3 Å². The monoisotopic (exact) mass is 477 g/mol. The molecule has 180 valence electrons. The molecule has 0 radical (unpaired) electrons. The number of rotatable bonds is 12. The highest BCUT2D eigenvalue weighted by molar-refractivity contribution is 7.92. The third-order valence-corrected chi connectivity index (χ3v) is 6.35. The first kappa shape index (κ1) is 26.3. The second-order valence-corrected chi connectivity index (χ2v) is 9.69. The van der Waals surface area contributed by atoms with Crippen LogP contribution in [-0.4, -0.2) is 57.1 Å². The first-order chi connectivity index (χ1) is 15.7. The molecule has 9 heteroatoms. The van der Waals surface area contributed by atoms with Crippen LogP contribution in [0.3, 0.4) is 0 Å². The number of amides is 2. The summed E-state index contributed by atoms with van der Waals surface area (Å²) in [6.07, 6.45) is 2.64. The molecular formula is C24H32FN3O4S. The molecule has 1 N–H and O–H groups in total. The van der Waals surface area contributed by atoms with Crippen molar-refractivity contribution in [3.63, 3.8) is 0 Å². The number of anilines is 1. The van der Waals surface area contributed by atoms with Gasteiger partial charge in [-0.1, -0.05) is 44.2 Å². The Balaban J connectivity index is 2.32. The molecule has 2 amide bonds. The van der Waals surface area contributed by atoms with Gasteiger partial charge >= 0.3 is 0 Å². The molecule has 0 aliphatic heterocycles. The first-order valence-corrected chi connectivity index (χ1v) is 12.9. The minimum atomic E-state index is -3.83. The third-order valence-electron chi connectivity index (χ3n) is 5.21. The zero-order chi connectivity index (χ0) is 24.4. The fourth-order valence-electron chi connectivity index (χ4n) is 3.48. The number of halogens is 1. The van der Waals surface area contributed by atoms with Crippen molar-refractivity contribution in [1.82, 2.24) is 10.2 Å². The van der Waals surface area contributed by atoms with E-state index in [9.17, 15) is 22.4 Å². The molecule has 1 atom stereocenters. The lowest BCUT2D eigenvalue weighted by Gasteiger charge is -2.32. The summed E-state index contributed by atoms with van der Waals surface area (Å²) < 4.78 is 39.2. The lowest BCUT2D eigenvalue weighted by molar-refractivity contribution is -0.139. The molecule has 0 fully saturated rings. The van der Waals surface area contributed by atoms with E-state index in [1.807, 2.05) is 44.2 Å². The molecule has 0 spiro atoms. The van der Waals surface area contributed by atoms with Crippen molar-refractivity contribution in [2.45, 2.75) is 39.2 Å². The molecule has 0 heterocycles. The van der Waals surface area contributed by atoms with Crippen molar-refractivity contribution in [1.29, 1.82) is 0 Å². The van der Waals surface area contributed by atoms with Gasteiger partial charge in [0.05, 0.1) is 11.9 Å². The number of sulfonamides is 1. The topological polar surface area (TPSA) is 86.8 Å². The Kier molecular flexibility index (Phi) is 9.84. The molecular weight excluding hydrogens is 445 g/mol. The van der Waals surface area contributed by atoms with Crippen LogP contribution in [-0.2, 0) is 26.0 Å². The summed E-state index contributed by atoms with van der Waals surface area (Å²) in [5.74, 6) is -1.28. The Morgan fingerprint density at radius 1 is 1.03 bits per heavy atom. The lowest BCUT2D eigenvalue weighted by Crippen LogP contribution is -2.53. The largest absolute Gasteiger partial charge is 0.354 e. The van der Waals surface area contributed by atoms with Gasteiger partial charge in [-0.05, 0) is 49.1 Å². The van der Waals surface area contributed by atoms with E-state index in [4.69, 9.17) is 0 Å². The average Bonchev–Trinajstić information content (AvgIpc) is 2.79. The molecule has 0 saturated carbocycles. The molecule has 0 saturated heterocycles. The Morgan fingerprint density at radius 2 is 1.67 bits per heavy atom. The van der Waals surface area contributed by atoms with E-state index >= 15 is 0 Å². The maximum Gasteiger partial charge on any atom is 0.244 e. The Labute approximate surface area is 195 Å². The zero-order valence-electron chi connectivity index (χ0n) is 19.3. The minimum Gasteiger partial charge on any atom is -0.354 e. The van der Waals surface area contributed by atoms with Gasteiger partial charge in [0.15, 0.2) is 0 Å². The normalized spacial score (nSPS) is 12.1. The second-order valence-electron chi connectivity index (χ2n) is 7.78. The molecule has 2 aromatic carbocycles. The summed E-state index contributed by atoms with van der Waals surface area (Å²) in [5, 5.41) is 2.83. The van der Waals surface area contributed by atoms with Crippen LogP contribution in [0.25, 0.3) is 0 Å². The van der Waals surface area contributed by atoms with Gasteiger partial charge in [0.2, 0.25) is 21.8 Å². The molecule has 7 nitrogen and oxygen atoms in total. The van der Waals surface area contributed by atoms with Crippen LogP contribution in [0.15, 0.2) is 54.6 Å². The molecule has 2 rings (SSSR count). The van der Waals surface area contributed by atoms with Crippen molar-refractivity contribution < 1.29 is 22.4 Å². The Hall–Kier alpha value is -2.94. The number of hydrogen-bond donors (Lipinski definition) is 1. The molecule has 0 unspecified atom stereocenters. The number of carbonyl (C=O) groups excluding carboxylic acids is 2. The summed E-state index contributed by atoms with van der Waals surface area (Å²) >= 11 is 0. The number of carbonyl (C=O) groups is 2. The van der Waals surface area contributed by atoms with Gasteiger partial charge < -0.3 is 10.2 Å². The van der Waals surface area contributed by atoms with Crippen LogP contribution in [0, 0.1) is 5.82 Å². The number of hydrogen-bond acceptors (Lipinski definition) is 4. The summed E-state index contributed by atoms with van der Waals surface area (Å²) in [4.78, 5) is 27.7. The summed E-state index contributed by atoms with van der Waals surface area (Å²) in [5.41, 5.74) is 1.18. The molecule has 0 aliphatic rings. The van der Waals surface area contributed by atoms with E-state index in [1.165, 1.54) is 17.0 Å². The standard InChI is InChI=1S/C24H32FN3O4S/c1-4-16-26-24(30)22(5-2)27(17-15-19-9-7-6-8-10-19)23(29)18-28(33(3,31)32)21-13-11-20(25)12-14-21/h6-14,22H,4-5,15-18H2,1-3H3,(H,26,30)/t22-/m1/s1. The van der Waals surface area contributed by atoms with Crippen LogP contribution in [0.4, 0.5) is 10.1 Å². The Bertz CT molecular complexity index is 1010. The van der Waals surface area contributed by atoms with Crippen LogP contribution in [0.2, 0.25) is 0 Å². The van der Waals surface area contributed by atoms with Crippen molar-refractivity contribution in [2.24, 2.45) is 0 Å².